The molecule has 94 valence electrons. The molecule has 0 bridgehead atoms. The van der Waals surface area contributed by atoms with Crippen LogP contribution in [0.4, 0.5) is 0 Å². The third-order valence-corrected chi connectivity index (χ3v) is 3.62. The van der Waals surface area contributed by atoms with Crippen LogP contribution in [0.1, 0.15) is 48.7 Å². The van der Waals surface area contributed by atoms with Gasteiger partial charge < -0.3 is 14.8 Å². The van der Waals surface area contributed by atoms with Crippen molar-refractivity contribution < 1.29 is 14.3 Å². The molecule has 1 aliphatic rings. The summed E-state index contributed by atoms with van der Waals surface area (Å²) in [7, 11) is 0. The van der Waals surface area contributed by atoms with E-state index in [1.807, 2.05) is 0 Å². The predicted molar refractivity (Wildman–Crippen MR) is 63.9 cm³/mol. The summed E-state index contributed by atoms with van der Waals surface area (Å²) in [6.45, 7) is 3.70. The molecule has 4 heteroatoms. The minimum absolute atomic E-state index is 0.258. The van der Waals surface area contributed by atoms with Gasteiger partial charge in [0.1, 0.15) is 11.3 Å². The van der Waals surface area contributed by atoms with Crippen molar-refractivity contribution in [1.82, 2.24) is 5.32 Å². The quantitative estimate of drug-likeness (QED) is 0.826. The first kappa shape index (κ1) is 12.2. The van der Waals surface area contributed by atoms with Crippen molar-refractivity contribution in [1.29, 1.82) is 0 Å². The van der Waals surface area contributed by atoms with Crippen molar-refractivity contribution in [2.45, 2.75) is 39.2 Å². The second kappa shape index (κ2) is 4.92. The van der Waals surface area contributed by atoms with Crippen LogP contribution in [0.3, 0.4) is 0 Å². The summed E-state index contributed by atoms with van der Waals surface area (Å²) in [5.41, 5.74) is 0.629. The highest BCUT2D eigenvalue weighted by atomic mass is 16.4. The van der Waals surface area contributed by atoms with Crippen molar-refractivity contribution >= 4 is 5.97 Å². The summed E-state index contributed by atoms with van der Waals surface area (Å²) < 4.78 is 5.18. The molecule has 4 nitrogen and oxygen atoms in total. The summed E-state index contributed by atoms with van der Waals surface area (Å²) in [6, 6.07) is 1.50. The van der Waals surface area contributed by atoms with E-state index in [4.69, 9.17) is 9.52 Å². The van der Waals surface area contributed by atoms with Gasteiger partial charge in [-0.1, -0.05) is 19.8 Å². The Morgan fingerprint density at radius 1 is 1.53 bits per heavy atom. The molecular weight excluding hydrogens is 218 g/mol. The molecule has 0 amide bonds. The molecule has 0 radical (unpaired) electrons. The van der Waals surface area contributed by atoms with E-state index in [-0.39, 0.29) is 5.56 Å². The van der Waals surface area contributed by atoms with Crippen LogP contribution in [0.15, 0.2) is 16.7 Å². The zero-order valence-corrected chi connectivity index (χ0v) is 10.2. The molecule has 17 heavy (non-hydrogen) atoms. The molecule has 0 saturated heterocycles. The van der Waals surface area contributed by atoms with Crippen LogP contribution >= 0.6 is 0 Å². The number of carboxylic acid groups (broad SMARTS) is 1. The van der Waals surface area contributed by atoms with Crippen LogP contribution in [-0.2, 0) is 6.54 Å². The van der Waals surface area contributed by atoms with Crippen LogP contribution < -0.4 is 5.32 Å². The number of rotatable bonds is 5. The standard InChI is InChI=1S/C13H19NO3/c1-13(5-2-3-6-13)9-14-8-11-10(12(15)16)4-7-17-11/h4,7,14H,2-3,5-6,8-9H2,1H3,(H,15,16). The Kier molecular flexibility index (Phi) is 3.52. The van der Waals surface area contributed by atoms with Crippen molar-refractivity contribution in [3.05, 3.63) is 23.7 Å². The summed E-state index contributed by atoms with van der Waals surface area (Å²) >= 11 is 0. The number of carbonyl (C=O) groups is 1. The second-order valence-electron chi connectivity index (χ2n) is 5.18. The average Bonchev–Trinajstić information content (AvgIpc) is 2.87. The van der Waals surface area contributed by atoms with E-state index < -0.39 is 5.97 Å². The fraction of sp³-hybridized carbons (Fsp3) is 0.615. The summed E-state index contributed by atoms with van der Waals surface area (Å²) in [5, 5.41) is 12.2. The lowest BCUT2D eigenvalue weighted by atomic mass is 9.89. The SMILES string of the molecule is CC1(CNCc2occc2C(=O)O)CCCC1. The van der Waals surface area contributed by atoms with E-state index in [1.54, 1.807) is 0 Å². The molecule has 1 heterocycles. The van der Waals surface area contributed by atoms with Gasteiger partial charge in [-0.2, -0.15) is 0 Å². The highest BCUT2D eigenvalue weighted by Gasteiger charge is 2.28. The first-order chi connectivity index (χ1) is 8.11. The first-order valence-electron chi connectivity index (χ1n) is 6.11. The van der Waals surface area contributed by atoms with E-state index in [0.29, 0.717) is 17.7 Å². The molecule has 1 aliphatic carbocycles. The summed E-state index contributed by atoms with van der Waals surface area (Å²) in [5.74, 6) is -0.415. The van der Waals surface area contributed by atoms with E-state index in [1.165, 1.54) is 38.0 Å². The largest absolute Gasteiger partial charge is 0.478 e. The van der Waals surface area contributed by atoms with E-state index in [2.05, 4.69) is 12.2 Å². The molecule has 0 unspecified atom stereocenters. The number of carboxylic acids is 1. The Morgan fingerprint density at radius 2 is 2.24 bits per heavy atom. The maximum absolute atomic E-state index is 10.9. The van der Waals surface area contributed by atoms with Crippen molar-refractivity contribution in [2.75, 3.05) is 6.54 Å². The van der Waals surface area contributed by atoms with Crippen LogP contribution in [0, 0.1) is 5.41 Å². The van der Waals surface area contributed by atoms with E-state index in [9.17, 15) is 4.79 Å². The Balaban J connectivity index is 1.85. The summed E-state index contributed by atoms with van der Waals surface area (Å²) in [6.07, 6.45) is 6.55. The van der Waals surface area contributed by atoms with Crippen LogP contribution in [0.2, 0.25) is 0 Å². The molecule has 0 atom stereocenters. The smallest absolute Gasteiger partial charge is 0.339 e. The molecule has 1 fully saturated rings. The van der Waals surface area contributed by atoms with Gasteiger partial charge in [-0.15, -0.1) is 0 Å². The molecule has 2 rings (SSSR count). The molecule has 0 aliphatic heterocycles. The normalized spacial score (nSPS) is 18.4. The zero-order chi connectivity index (χ0) is 12.3. The lowest BCUT2D eigenvalue weighted by molar-refractivity contribution is 0.0694. The molecule has 1 saturated carbocycles. The maximum Gasteiger partial charge on any atom is 0.339 e. The van der Waals surface area contributed by atoms with Crippen molar-refractivity contribution in [3.8, 4) is 0 Å². The number of hydrogen-bond acceptors (Lipinski definition) is 3. The zero-order valence-electron chi connectivity index (χ0n) is 10.2. The third-order valence-electron chi connectivity index (χ3n) is 3.62. The minimum atomic E-state index is -0.928. The summed E-state index contributed by atoms with van der Waals surface area (Å²) in [4.78, 5) is 10.9. The Bertz CT molecular complexity index is 391. The number of aromatic carboxylic acids is 1. The minimum Gasteiger partial charge on any atom is -0.478 e. The van der Waals surface area contributed by atoms with Gasteiger partial charge in [0, 0.05) is 6.54 Å². The molecule has 1 aromatic rings. The highest BCUT2D eigenvalue weighted by Crippen LogP contribution is 2.36. The molecule has 2 N–H and O–H groups in total. The van der Waals surface area contributed by atoms with Crippen molar-refractivity contribution in [3.63, 3.8) is 0 Å². The topological polar surface area (TPSA) is 62.5 Å². The van der Waals surface area contributed by atoms with Gasteiger partial charge in [0.25, 0.3) is 0 Å². The monoisotopic (exact) mass is 237 g/mol. The van der Waals surface area contributed by atoms with E-state index >= 15 is 0 Å². The fourth-order valence-electron chi connectivity index (χ4n) is 2.55. The number of furan rings is 1. The van der Waals surface area contributed by atoms with Crippen LogP contribution in [0.5, 0.6) is 0 Å². The third kappa shape index (κ3) is 2.88. The Hall–Kier alpha value is -1.29. The van der Waals surface area contributed by atoms with Gasteiger partial charge >= 0.3 is 5.97 Å². The van der Waals surface area contributed by atoms with Gasteiger partial charge in [-0.25, -0.2) is 4.79 Å². The lowest BCUT2D eigenvalue weighted by Gasteiger charge is -2.23. The first-order valence-corrected chi connectivity index (χ1v) is 6.11. The van der Waals surface area contributed by atoms with Crippen LogP contribution in [0.25, 0.3) is 0 Å². The Labute approximate surface area is 101 Å². The maximum atomic E-state index is 10.9. The molecule has 0 spiro atoms. The van der Waals surface area contributed by atoms with Crippen LogP contribution in [-0.4, -0.2) is 17.6 Å². The Morgan fingerprint density at radius 3 is 2.88 bits per heavy atom. The molecule has 1 aromatic heterocycles. The van der Waals surface area contributed by atoms with Crippen molar-refractivity contribution in [2.24, 2.45) is 5.41 Å². The number of nitrogens with one attached hydrogen (secondary N) is 1. The molecular formula is C13H19NO3. The lowest BCUT2D eigenvalue weighted by Crippen LogP contribution is -2.29. The van der Waals surface area contributed by atoms with Gasteiger partial charge in [0.15, 0.2) is 0 Å². The number of hydrogen-bond donors (Lipinski definition) is 2. The van der Waals surface area contributed by atoms with Gasteiger partial charge in [-0.3, -0.25) is 0 Å². The van der Waals surface area contributed by atoms with Gasteiger partial charge in [0.05, 0.1) is 12.8 Å². The molecule has 0 aromatic carbocycles. The van der Waals surface area contributed by atoms with E-state index in [0.717, 1.165) is 6.54 Å². The highest BCUT2D eigenvalue weighted by molar-refractivity contribution is 5.88. The average molecular weight is 237 g/mol. The fourth-order valence-corrected chi connectivity index (χ4v) is 2.55. The van der Waals surface area contributed by atoms with Gasteiger partial charge in [-0.05, 0) is 24.3 Å². The predicted octanol–water partition coefficient (Wildman–Crippen LogP) is 2.65. The second-order valence-corrected chi connectivity index (χ2v) is 5.18. The van der Waals surface area contributed by atoms with Gasteiger partial charge in [0.2, 0.25) is 0 Å².